The molecule has 0 saturated carbocycles. The Labute approximate surface area is 272 Å². The zero-order valence-corrected chi connectivity index (χ0v) is 26.5. The Bertz CT molecular complexity index is 1960. The number of halogens is 1. The molecule has 2 aliphatic heterocycles. The van der Waals surface area contributed by atoms with E-state index in [9.17, 15) is 4.79 Å². The number of carbonyl (C=O) groups excluding carboxylic acids is 1. The van der Waals surface area contributed by atoms with E-state index in [4.69, 9.17) is 10.7 Å². The highest BCUT2D eigenvalue weighted by Gasteiger charge is 2.27. The molecular formula is C38H34BrN5O. The van der Waals surface area contributed by atoms with Gasteiger partial charge in [-0.3, -0.25) is 14.7 Å². The van der Waals surface area contributed by atoms with Gasteiger partial charge in [0, 0.05) is 59.8 Å². The lowest BCUT2D eigenvalue weighted by atomic mass is 9.94. The van der Waals surface area contributed by atoms with Crippen LogP contribution in [-0.4, -0.2) is 35.4 Å². The molecule has 0 spiro atoms. The summed E-state index contributed by atoms with van der Waals surface area (Å²) in [5, 5.41) is 7.44. The molecule has 1 aromatic heterocycles. The molecule has 1 amide bonds. The Hall–Kier alpha value is -4.48. The minimum atomic E-state index is -0.135. The fraction of sp³-hybridized carbons (Fsp3) is 0.211. The average molecular weight is 657 g/mol. The highest BCUT2D eigenvalue weighted by molar-refractivity contribution is 9.10. The van der Waals surface area contributed by atoms with Crippen LogP contribution in [-0.2, 0) is 26.1 Å². The molecule has 0 radical (unpaired) electrons. The number of fused-ring (bicyclic) bond motifs is 3. The number of nitrogens with zero attached hydrogens (tertiary/aromatic N) is 2. The molecule has 6 nitrogen and oxygen atoms in total. The predicted octanol–water partition coefficient (Wildman–Crippen LogP) is 6.35. The third-order valence-electron chi connectivity index (χ3n) is 8.77. The molecule has 7 heteroatoms. The number of hydrogen-bond donors (Lipinski definition) is 3. The molecule has 2 aliphatic rings. The van der Waals surface area contributed by atoms with Crippen LogP contribution in [0, 0.1) is 11.8 Å². The molecule has 0 saturated heterocycles. The van der Waals surface area contributed by atoms with Crippen molar-refractivity contribution in [2.24, 2.45) is 5.73 Å². The van der Waals surface area contributed by atoms with Crippen LogP contribution in [0.25, 0.3) is 10.9 Å². The molecule has 224 valence electrons. The first-order valence-electron chi connectivity index (χ1n) is 15.4. The number of carbonyl (C=O) groups is 1. The van der Waals surface area contributed by atoms with E-state index in [1.807, 2.05) is 54.6 Å². The first kappa shape index (κ1) is 29.2. The number of anilines is 1. The summed E-state index contributed by atoms with van der Waals surface area (Å²) in [4.78, 5) is 21.3. The average Bonchev–Trinajstić information content (AvgIpc) is 3.50. The van der Waals surface area contributed by atoms with E-state index in [-0.39, 0.29) is 11.8 Å². The van der Waals surface area contributed by atoms with Gasteiger partial charge in [0.05, 0.1) is 23.3 Å². The maximum Gasteiger partial charge on any atom is 0.252 e. The van der Waals surface area contributed by atoms with Gasteiger partial charge in [0.25, 0.3) is 5.91 Å². The van der Waals surface area contributed by atoms with Gasteiger partial charge in [0.2, 0.25) is 0 Å². The lowest BCUT2D eigenvalue weighted by Gasteiger charge is -2.26. The molecular weight excluding hydrogens is 622 g/mol. The highest BCUT2D eigenvalue weighted by atomic mass is 79.9. The lowest BCUT2D eigenvalue weighted by Crippen LogP contribution is -2.30. The summed E-state index contributed by atoms with van der Waals surface area (Å²) in [5.74, 6) is 6.63. The van der Waals surface area contributed by atoms with Gasteiger partial charge in [0.1, 0.15) is 0 Å². The summed E-state index contributed by atoms with van der Waals surface area (Å²) in [6, 6.07) is 30.9. The van der Waals surface area contributed by atoms with E-state index in [2.05, 4.69) is 79.7 Å². The SMILES string of the molecule is NCc1ccc(CNC(=O)c2cc(C3CNc4ccc(Br)cc43)nc3ccc(C#CCN4CCc5ccccc5C4)cc23)cc1. The van der Waals surface area contributed by atoms with Crippen molar-refractivity contribution in [2.45, 2.75) is 32.0 Å². The minimum Gasteiger partial charge on any atom is -0.384 e. The van der Waals surface area contributed by atoms with Gasteiger partial charge in [-0.1, -0.05) is 76.3 Å². The number of pyridine rings is 1. The normalized spacial score (nSPS) is 15.5. The second-order valence-corrected chi connectivity index (χ2v) is 12.6. The molecule has 3 heterocycles. The Morgan fingerprint density at radius 2 is 1.82 bits per heavy atom. The minimum absolute atomic E-state index is 0.0337. The number of benzene rings is 4. The highest BCUT2D eigenvalue weighted by Crippen LogP contribution is 2.38. The van der Waals surface area contributed by atoms with E-state index in [1.54, 1.807) is 0 Å². The second kappa shape index (κ2) is 12.9. The smallest absolute Gasteiger partial charge is 0.252 e. The van der Waals surface area contributed by atoms with Crippen molar-refractivity contribution in [3.8, 4) is 11.8 Å². The fourth-order valence-electron chi connectivity index (χ4n) is 6.27. The molecule has 1 unspecified atom stereocenters. The van der Waals surface area contributed by atoms with Crippen molar-refractivity contribution in [3.05, 3.63) is 140 Å². The third-order valence-corrected chi connectivity index (χ3v) is 9.27. The summed E-state index contributed by atoms with van der Waals surface area (Å²) in [6.07, 6.45) is 1.05. The van der Waals surface area contributed by atoms with Crippen LogP contribution in [0.1, 0.15) is 55.4 Å². The van der Waals surface area contributed by atoms with Crippen molar-refractivity contribution in [1.82, 2.24) is 15.2 Å². The Kier molecular flexibility index (Phi) is 8.36. The van der Waals surface area contributed by atoms with Gasteiger partial charge in [-0.25, -0.2) is 0 Å². The number of nitrogens with two attached hydrogens (primary N) is 1. The van der Waals surface area contributed by atoms with E-state index in [0.717, 1.165) is 69.5 Å². The van der Waals surface area contributed by atoms with Crippen LogP contribution < -0.4 is 16.4 Å². The van der Waals surface area contributed by atoms with E-state index < -0.39 is 0 Å². The standard InChI is InChI=1S/C38H34BrN5O/c39-30-12-14-35-32(19-30)34(23-41-35)37-20-33(38(45)42-22-27-9-7-26(21-40)8-10-27)31-18-25(11-13-36(31)43-37)4-3-16-44-17-15-28-5-1-2-6-29(28)24-44/h1-2,5-14,18-20,34,41H,15-17,21-24,40H2,(H,42,45). The lowest BCUT2D eigenvalue weighted by molar-refractivity contribution is 0.0952. The zero-order valence-electron chi connectivity index (χ0n) is 24.9. The summed E-state index contributed by atoms with van der Waals surface area (Å²) in [6.45, 7) is 4.26. The van der Waals surface area contributed by atoms with Crippen LogP contribution in [0.5, 0.6) is 0 Å². The molecule has 4 N–H and O–H groups in total. The maximum atomic E-state index is 13.8. The Balaban J connectivity index is 1.18. The van der Waals surface area contributed by atoms with E-state index in [0.29, 0.717) is 25.2 Å². The summed E-state index contributed by atoms with van der Waals surface area (Å²) in [5.41, 5.74) is 16.1. The summed E-state index contributed by atoms with van der Waals surface area (Å²) >= 11 is 3.62. The summed E-state index contributed by atoms with van der Waals surface area (Å²) < 4.78 is 1.02. The van der Waals surface area contributed by atoms with Crippen LogP contribution in [0.15, 0.2) is 95.5 Å². The topological polar surface area (TPSA) is 83.3 Å². The number of rotatable bonds is 6. The molecule has 7 rings (SSSR count). The van der Waals surface area contributed by atoms with Crippen LogP contribution in [0.2, 0.25) is 0 Å². The van der Waals surface area contributed by atoms with Gasteiger partial charge in [-0.15, -0.1) is 0 Å². The number of hydrogen-bond acceptors (Lipinski definition) is 5. The number of nitrogens with one attached hydrogen (secondary N) is 2. The van der Waals surface area contributed by atoms with Gasteiger partial charge in [-0.05, 0) is 76.7 Å². The van der Waals surface area contributed by atoms with Crippen molar-refractivity contribution in [1.29, 1.82) is 0 Å². The van der Waals surface area contributed by atoms with E-state index >= 15 is 0 Å². The Morgan fingerprint density at radius 1 is 1.00 bits per heavy atom. The first-order valence-corrected chi connectivity index (χ1v) is 16.2. The van der Waals surface area contributed by atoms with Crippen LogP contribution in [0.3, 0.4) is 0 Å². The van der Waals surface area contributed by atoms with Gasteiger partial charge in [0.15, 0.2) is 0 Å². The first-order chi connectivity index (χ1) is 22.0. The second-order valence-electron chi connectivity index (χ2n) is 11.7. The van der Waals surface area contributed by atoms with Crippen LogP contribution >= 0.6 is 15.9 Å². The van der Waals surface area contributed by atoms with Crippen molar-refractivity contribution in [2.75, 3.05) is 25.0 Å². The summed E-state index contributed by atoms with van der Waals surface area (Å²) in [7, 11) is 0. The van der Waals surface area contributed by atoms with Gasteiger partial charge < -0.3 is 16.4 Å². The monoisotopic (exact) mass is 655 g/mol. The van der Waals surface area contributed by atoms with E-state index in [1.165, 1.54) is 16.7 Å². The van der Waals surface area contributed by atoms with Gasteiger partial charge >= 0.3 is 0 Å². The number of amides is 1. The van der Waals surface area contributed by atoms with Gasteiger partial charge in [-0.2, -0.15) is 0 Å². The Morgan fingerprint density at radius 3 is 2.67 bits per heavy atom. The van der Waals surface area contributed by atoms with Crippen molar-refractivity contribution in [3.63, 3.8) is 0 Å². The molecule has 0 aliphatic carbocycles. The molecule has 45 heavy (non-hydrogen) atoms. The largest absolute Gasteiger partial charge is 0.384 e. The fourth-order valence-corrected chi connectivity index (χ4v) is 6.65. The molecule has 0 fully saturated rings. The van der Waals surface area contributed by atoms with Crippen LogP contribution in [0.4, 0.5) is 5.69 Å². The van der Waals surface area contributed by atoms with Crippen molar-refractivity contribution >= 4 is 38.4 Å². The maximum absolute atomic E-state index is 13.8. The quantitative estimate of drug-likeness (QED) is 0.186. The molecule has 4 aromatic carbocycles. The number of aromatic nitrogens is 1. The zero-order chi connectivity index (χ0) is 30.8. The predicted molar refractivity (Wildman–Crippen MR) is 184 cm³/mol. The molecule has 5 aromatic rings. The third kappa shape index (κ3) is 6.36. The molecule has 0 bridgehead atoms. The van der Waals surface area contributed by atoms with Crippen molar-refractivity contribution < 1.29 is 4.79 Å². The molecule has 1 atom stereocenters.